The van der Waals surface area contributed by atoms with E-state index in [1.807, 2.05) is 18.3 Å². The van der Waals surface area contributed by atoms with Crippen molar-refractivity contribution in [3.05, 3.63) is 65.5 Å². The van der Waals surface area contributed by atoms with E-state index in [4.69, 9.17) is 0 Å². The van der Waals surface area contributed by atoms with Crippen molar-refractivity contribution in [3.63, 3.8) is 0 Å². The largest absolute Gasteiger partial charge is 0.353 e. The van der Waals surface area contributed by atoms with Crippen LogP contribution in [0, 0.1) is 0 Å². The Bertz CT molecular complexity index is 827. The molecule has 0 bridgehead atoms. The first kappa shape index (κ1) is 20.1. The van der Waals surface area contributed by atoms with E-state index in [0.29, 0.717) is 0 Å². The lowest BCUT2D eigenvalue weighted by Gasteiger charge is -2.33. The maximum Gasteiger partial charge on any atom is 0.230 e. The van der Waals surface area contributed by atoms with Gasteiger partial charge >= 0.3 is 0 Å². The monoisotopic (exact) mass is 391 g/mol. The van der Waals surface area contributed by atoms with Crippen molar-refractivity contribution in [2.24, 2.45) is 0 Å². The zero-order chi connectivity index (χ0) is 20.5. The van der Waals surface area contributed by atoms with E-state index in [-0.39, 0.29) is 22.8 Å². The third kappa shape index (κ3) is 4.53. The summed E-state index contributed by atoms with van der Waals surface area (Å²) >= 11 is 0. The second kappa shape index (κ2) is 7.91. The predicted molar refractivity (Wildman–Crippen MR) is 117 cm³/mol. The summed E-state index contributed by atoms with van der Waals surface area (Å²) in [5.74, 6) is 0.226. The Morgan fingerprint density at radius 3 is 2.34 bits per heavy atom. The number of benzene rings is 1. The fourth-order valence-corrected chi connectivity index (χ4v) is 4.34. The summed E-state index contributed by atoms with van der Waals surface area (Å²) in [4.78, 5) is 20.0. The Hall–Kier alpha value is -2.20. The third-order valence-corrected chi connectivity index (χ3v) is 6.52. The molecule has 1 saturated carbocycles. The SMILES string of the molecule is CC(C)(C)c1ccc(C2(C(=O)NC3CCN(Cc4ccccn4)CC3)CC2)cc1. The lowest BCUT2D eigenvalue weighted by Crippen LogP contribution is -2.47. The van der Waals surface area contributed by atoms with Gasteiger partial charge in [-0.1, -0.05) is 51.1 Å². The van der Waals surface area contributed by atoms with Crippen LogP contribution in [0.4, 0.5) is 0 Å². The number of hydrogen-bond acceptors (Lipinski definition) is 3. The van der Waals surface area contributed by atoms with Crippen molar-refractivity contribution in [2.75, 3.05) is 13.1 Å². The molecule has 1 aromatic heterocycles. The van der Waals surface area contributed by atoms with Gasteiger partial charge in [0.05, 0.1) is 11.1 Å². The molecule has 4 nitrogen and oxygen atoms in total. The number of piperidine rings is 1. The molecule has 4 heteroatoms. The van der Waals surface area contributed by atoms with E-state index in [9.17, 15) is 4.79 Å². The molecule has 4 rings (SSSR count). The highest BCUT2D eigenvalue weighted by Gasteiger charge is 2.51. The highest BCUT2D eigenvalue weighted by atomic mass is 16.2. The molecule has 154 valence electrons. The number of pyridine rings is 1. The first-order valence-electron chi connectivity index (χ1n) is 10.9. The van der Waals surface area contributed by atoms with Gasteiger partial charge in [0.2, 0.25) is 5.91 Å². The van der Waals surface area contributed by atoms with Crippen molar-refractivity contribution in [2.45, 2.75) is 69.9 Å². The molecule has 1 aliphatic heterocycles. The molecule has 1 aliphatic carbocycles. The minimum absolute atomic E-state index is 0.140. The van der Waals surface area contributed by atoms with Gasteiger partial charge in [-0.15, -0.1) is 0 Å². The van der Waals surface area contributed by atoms with Crippen molar-refractivity contribution in [3.8, 4) is 0 Å². The predicted octanol–water partition coefficient (Wildman–Crippen LogP) is 4.19. The molecular formula is C25H33N3O. The molecule has 0 spiro atoms. The van der Waals surface area contributed by atoms with Crippen LogP contribution >= 0.6 is 0 Å². The number of carbonyl (C=O) groups is 1. The molecule has 2 aliphatic rings. The minimum atomic E-state index is -0.290. The summed E-state index contributed by atoms with van der Waals surface area (Å²) in [7, 11) is 0. The number of nitrogens with one attached hydrogen (secondary N) is 1. The summed E-state index contributed by atoms with van der Waals surface area (Å²) in [5.41, 5.74) is 3.46. The molecule has 2 aromatic rings. The van der Waals surface area contributed by atoms with Crippen LogP contribution in [-0.2, 0) is 22.2 Å². The van der Waals surface area contributed by atoms with E-state index < -0.39 is 0 Å². The van der Waals surface area contributed by atoms with Gasteiger partial charge in [-0.05, 0) is 54.4 Å². The van der Waals surface area contributed by atoms with Crippen LogP contribution in [0.1, 0.15) is 63.3 Å². The van der Waals surface area contributed by atoms with Crippen LogP contribution in [0.5, 0.6) is 0 Å². The van der Waals surface area contributed by atoms with Crippen LogP contribution in [0.15, 0.2) is 48.7 Å². The fraction of sp³-hybridized carbons (Fsp3) is 0.520. The standard InChI is InChI=1S/C25H33N3O/c1-24(2,3)19-7-9-20(10-8-19)25(13-14-25)23(29)27-21-11-16-28(17-12-21)18-22-6-4-5-15-26-22/h4-10,15,21H,11-14,16-18H2,1-3H3,(H,27,29). The van der Waals surface area contributed by atoms with Gasteiger partial charge in [0, 0.05) is 31.9 Å². The number of rotatable bonds is 5. The first-order valence-corrected chi connectivity index (χ1v) is 10.9. The van der Waals surface area contributed by atoms with E-state index in [2.05, 4.69) is 66.3 Å². The minimum Gasteiger partial charge on any atom is -0.353 e. The fourth-order valence-electron chi connectivity index (χ4n) is 4.34. The quantitative estimate of drug-likeness (QED) is 0.831. The second-order valence-electron chi connectivity index (χ2n) is 9.75. The van der Waals surface area contributed by atoms with Crippen molar-refractivity contribution < 1.29 is 4.79 Å². The topological polar surface area (TPSA) is 45.2 Å². The second-order valence-corrected chi connectivity index (χ2v) is 9.75. The maximum atomic E-state index is 13.1. The zero-order valence-corrected chi connectivity index (χ0v) is 17.9. The number of nitrogens with zero attached hydrogens (tertiary/aromatic N) is 2. The average Bonchev–Trinajstić information content (AvgIpc) is 3.52. The van der Waals surface area contributed by atoms with Gasteiger partial charge in [0.15, 0.2) is 0 Å². The number of carbonyl (C=O) groups excluding carboxylic acids is 1. The molecule has 1 saturated heterocycles. The number of likely N-dealkylation sites (tertiary alicyclic amines) is 1. The molecule has 0 radical (unpaired) electrons. The third-order valence-electron chi connectivity index (χ3n) is 6.52. The van der Waals surface area contributed by atoms with Crippen LogP contribution in [0.2, 0.25) is 0 Å². The van der Waals surface area contributed by atoms with Gasteiger partial charge in [0.1, 0.15) is 0 Å². The number of hydrogen-bond donors (Lipinski definition) is 1. The van der Waals surface area contributed by atoms with Gasteiger partial charge in [-0.25, -0.2) is 0 Å². The molecule has 0 unspecified atom stereocenters. The molecule has 1 aromatic carbocycles. The lowest BCUT2D eigenvalue weighted by atomic mass is 9.84. The number of aromatic nitrogens is 1. The smallest absolute Gasteiger partial charge is 0.230 e. The Labute approximate surface area is 174 Å². The zero-order valence-electron chi connectivity index (χ0n) is 17.9. The van der Waals surface area contributed by atoms with E-state index in [0.717, 1.165) is 51.0 Å². The van der Waals surface area contributed by atoms with Crippen LogP contribution < -0.4 is 5.32 Å². The first-order chi connectivity index (χ1) is 13.9. The lowest BCUT2D eigenvalue weighted by molar-refractivity contribution is -0.124. The summed E-state index contributed by atoms with van der Waals surface area (Å²) < 4.78 is 0. The Morgan fingerprint density at radius 2 is 1.79 bits per heavy atom. The number of amides is 1. The average molecular weight is 392 g/mol. The van der Waals surface area contributed by atoms with E-state index in [1.54, 1.807) is 0 Å². The van der Waals surface area contributed by atoms with Gasteiger partial charge in [0.25, 0.3) is 0 Å². The van der Waals surface area contributed by atoms with Gasteiger partial charge in [-0.2, -0.15) is 0 Å². The summed E-state index contributed by atoms with van der Waals surface area (Å²) in [6.45, 7) is 9.58. The Balaban J connectivity index is 1.32. The van der Waals surface area contributed by atoms with Gasteiger partial charge in [-0.3, -0.25) is 14.7 Å². The van der Waals surface area contributed by atoms with Crippen molar-refractivity contribution in [1.82, 2.24) is 15.2 Å². The maximum absolute atomic E-state index is 13.1. The van der Waals surface area contributed by atoms with Crippen LogP contribution in [0.25, 0.3) is 0 Å². The molecule has 29 heavy (non-hydrogen) atoms. The van der Waals surface area contributed by atoms with Gasteiger partial charge < -0.3 is 5.32 Å². The van der Waals surface area contributed by atoms with Crippen LogP contribution in [-0.4, -0.2) is 34.9 Å². The van der Waals surface area contributed by atoms with Crippen molar-refractivity contribution in [1.29, 1.82) is 0 Å². The summed E-state index contributed by atoms with van der Waals surface area (Å²) in [6.07, 6.45) is 5.80. The van der Waals surface area contributed by atoms with E-state index in [1.165, 1.54) is 11.1 Å². The van der Waals surface area contributed by atoms with E-state index >= 15 is 0 Å². The Kier molecular flexibility index (Phi) is 5.48. The molecular weight excluding hydrogens is 358 g/mol. The molecule has 1 N–H and O–H groups in total. The normalized spacial score (nSPS) is 19.7. The molecule has 1 amide bonds. The highest BCUT2D eigenvalue weighted by molar-refractivity contribution is 5.91. The highest BCUT2D eigenvalue weighted by Crippen LogP contribution is 2.48. The molecule has 0 atom stereocenters. The Morgan fingerprint density at radius 1 is 1.10 bits per heavy atom. The van der Waals surface area contributed by atoms with Crippen LogP contribution in [0.3, 0.4) is 0 Å². The molecule has 2 heterocycles. The summed E-state index contributed by atoms with van der Waals surface area (Å²) in [5, 5.41) is 3.37. The van der Waals surface area contributed by atoms with Crippen molar-refractivity contribution >= 4 is 5.91 Å². The molecule has 2 fully saturated rings. The summed E-state index contributed by atoms with van der Waals surface area (Å²) in [6, 6.07) is 15.1.